The molecule has 0 bridgehead atoms. The zero-order valence-corrected chi connectivity index (χ0v) is 15.4. The molecule has 3 rings (SSSR count). The smallest absolute Gasteiger partial charge is 0.244 e. The second kappa shape index (κ2) is 7.09. The van der Waals surface area contributed by atoms with Crippen molar-refractivity contribution in [2.75, 3.05) is 11.6 Å². The van der Waals surface area contributed by atoms with Crippen LogP contribution in [0, 0.1) is 0 Å². The molecule has 138 valence electrons. The van der Waals surface area contributed by atoms with Gasteiger partial charge in [0.1, 0.15) is 11.5 Å². The average molecular weight is 374 g/mol. The Morgan fingerprint density at radius 1 is 1.00 bits per heavy atom. The van der Waals surface area contributed by atoms with Crippen molar-refractivity contribution in [1.82, 2.24) is 0 Å². The number of carbonyl (C=O) groups excluding carboxylic acids is 1. The summed E-state index contributed by atoms with van der Waals surface area (Å²) in [7, 11) is -3.23. The standard InChI is InChI=1S/C19H22N2O4S/c1-26(23,24)17-10-8-16(9-11-17)25-15-6-4-14(5-7-15)21-18(22)19(20)12-2-3-13-19/h4-11H,2-3,12-13,20H2,1H3,(H,21,22). The lowest BCUT2D eigenvalue weighted by molar-refractivity contribution is -0.121. The predicted molar refractivity (Wildman–Crippen MR) is 100 cm³/mol. The van der Waals surface area contributed by atoms with Crippen LogP contribution < -0.4 is 15.8 Å². The third kappa shape index (κ3) is 4.23. The van der Waals surface area contributed by atoms with Gasteiger partial charge in [0.05, 0.1) is 10.4 Å². The number of sulfone groups is 1. The van der Waals surface area contributed by atoms with Gasteiger partial charge in [0.2, 0.25) is 5.91 Å². The molecule has 0 saturated heterocycles. The molecule has 0 aromatic heterocycles. The van der Waals surface area contributed by atoms with Gasteiger partial charge in [0.25, 0.3) is 0 Å². The second-order valence-corrected chi connectivity index (χ2v) is 8.70. The molecule has 2 aromatic rings. The van der Waals surface area contributed by atoms with Crippen LogP contribution in [0.4, 0.5) is 5.69 Å². The molecule has 3 N–H and O–H groups in total. The zero-order valence-electron chi connectivity index (χ0n) is 14.6. The van der Waals surface area contributed by atoms with Crippen LogP contribution in [0.15, 0.2) is 53.4 Å². The second-order valence-electron chi connectivity index (χ2n) is 6.69. The van der Waals surface area contributed by atoms with Crippen molar-refractivity contribution >= 4 is 21.4 Å². The molecule has 26 heavy (non-hydrogen) atoms. The van der Waals surface area contributed by atoms with Gasteiger partial charge in [-0.2, -0.15) is 0 Å². The number of amides is 1. The highest BCUT2D eigenvalue weighted by atomic mass is 32.2. The highest BCUT2D eigenvalue weighted by Crippen LogP contribution is 2.29. The van der Waals surface area contributed by atoms with E-state index in [1.54, 1.807) is 36.4 Å². The number of benzene rings is 2. The summed E-state index contributed by atoms with van der Waals surface area (Å²) in [6, 6.07) is 13.2. The topological polar surface area (TPSA) is 98.5 Å². The molecule has 0 unspecified atom stereocenters. The lowest BCUT2D eigenvalue weighted by Gasteiger charge is -2.22. The van der Waals surface area contributed by atoms with Gasteiger partial charge in [0, 0.05) is 11.9 Å². The fourth-order valence-electron chi connectivity index (χ4n) is 2.99. The number of nitrogens with one attached hydrogen (secondary N) is 1. The summed E-state index contributed by atoms with van der Waals surface area (Å²) < 4.78 is 28.6. The molecule has 0 spiro atoms. The van der Waals surface area contributed by atoms with Crippen molar-refractivity contribution in [3.8, 4) is 11.5 Å². The summed E-state index contributed by atoms with van der Waals surface area (Å²) in [5, 5.41) is 2.85. The first kappa shape index (κ1) is 18.4. The number of rotatable bonds is 5. The molecule has 7 heteroatoms. The maximum Gasteiger partial charge on any atom is 0.244 e. The van der Waals surface area contributed by atoms with Crippen molar-refractivity contribution in [2.45, 2.75) is 36.1 Å². The highest BCUT2D eigenvalue weighted by molar-refractivity contribution is 7.90. The van der Waals surface area contributed by atoms with Crippen LogP contribution in [0.3, 0.4) is 0 Å². The van der Waals surface area contributed by atoms with Crippen molar-refractivity contribution < 1.29 is 17.9 Å². The number of hydrogen-bond acceptors (Lipinski definition) is 5. The fraction of sp³-hybridized carbons (Fsp3) is 0.316. The summed E-state index contributed by atoms with van der Waals surface area (Å²) in [4.78, 5) is 12.6. The lowest BCUT2D eigenvalue weighted by atomic mass is 9.98. The molecule has 1 amide bonds. The molecule has 0 atom stereocenters. The Morgan fingerprint density at radius 3 is 2.00 bits per heavy atom. The SMILES string of the molecule is CS(=O)(=O)c1ccc(Oc2ccc(NC(=O)C3(N)CCCC3)cc2)cc1. The van der Waals surface area contributed by atoms with Crippen molar-refractivity contribution in [3.63, 3.8) is 0 Å². The Balaban J connectivity index is 1.63. The molecular weight excluding hydrogens is 352 g/mol. The number of hydrogen-bond donors (Lipinski definition) is 2. The Kier molecular flexibility index (Phi) is 5.02. The van der Waals surface area contributed by atoms with Gasteiger partial charge in [0.15, 0.2) is 9.84 Å². The van der Waals surface area contributed by atoms with Crippen molar-refractivity contribution in [3.05, 3.63) is 48.5 Å². The number of ether oxygens (including phenoxy) is 1. The maximum atomic E-state index is 12.3. The third-order valence-corrected chi connectivity index (χ3v) is 5.68. The summed E-state index contributed by atoms with van der Waals surface area (Å²) in [5.74, 6) is 0.958. The average Bonchev–Trinajstić information content (AvgIpc) is 3.04. The summed E-state index contributed by atoms with van der Waals surface area (Å²) in [6.07, 6.45) is 4.55. The number of carbonyl (C=O) groups is 1. The monoisotopic (exact) mass is 374 g/mol. The van der Waals surface area contributed by atoms with Gasteiger partial charge in [-0.25, -0.2) is 8.42 Å². The Morgan fingerprint density at radius 2 is 1.50 bits per heavy atom. The van der Waals surface area contributed by atoms with Gasteiger partial charge in [-0.15, -0.1) is 0 Å². The summed E-state index contributed by atoms with van der Waals surface area (Å²) >= 11 is 0. The quantitative estimate of drug-likeness (QED) is 0.838. The van der Waals surface area contributed by atoms with Crippen LogP contribution in [-0.2, 0) is 14.6 Å². The van der Waals surface area contributed by atoms with Crippen LogP contribution in [0.1, 0.15) is 25.7 Å². The van der Waals surface area contributed by atoms with E-state index in [9.17, 15) is 13.2 Å². The van der Waals surface area contributed by atoms with E-state index in [0.29, 0.717) is 30.0 Å². The molecule has 1 aliphatic rings. The van der Waals surface area contributed by atoms with Crippen LogP contribution in [0.5, 0.6) is 11.5 Å². The number of nitrogens with two attached hydrogens (primary N) is 1. The van der Waals surface area contributed by atoms with Crippen LogP contribution in [0.2, 0.25) is 0 Å². The van der Waals surface area contributed by atoms with E-state index in [0.717, 1.165) is 19.1 Å². The van der Waals surface area contributed by atoms with E-state index >= 15 is 0 Å². The molecular formula is C19H22N2O4S. The highest BCUT2D eigenvalue weighted by Gasteiger charge is 2.36. The molecule has 0 radical (unpaired) electrons. The molecule has 0 heterocycles. The van der Waals surface area contributed by atoms with E-state index < -0.39 is 15.4 Å². The fourth-order valence-corrected chi connectivity index (χ4v) is 3.62. The molecule has 2 aromatic carbocycles. The lowest BCUT2D eigenvalue weighted by Crippen LogP contribution is -2.48. The molecule has 0 aliphatic heterocycles. The van der Waals surface area contributed by atoms with Gasteiger partial charge >= 0.3 is 0 Å². The van der Waals surface area contributed by atoms with Gasteiger partial charge in [-0.05, 0) is 61.4 Å². The third-order valence-electron chi connectivity index (χ3n) is 4.55. The van der Waals surface area contributed by atoms with Gasteiger partial charge in [-0.1, -0.05) is 12.8 Å². The Labute approximate surface area is 153 Å². The molecule has 1 fully saturated rings. The minimum absolute atomic E-state index is 0.153. The minimum atomic E-state index is -3.23. The predicted octanol–water partition coefficient (Wildman–Crippen LogP) is 3.09. The van der Waals surface area contributed by atoms with E-state index in [2.05, 4.69) is 5.32 Å². The Bertz CT molecular complexity index is 884. The summed E-state index contributed by atoms with van der Waals surface area (Å²) in [5.41, 5.74) is 6.04. The first-order valence-electron chi connectivity index (χ1n) is 8.45. The van der Waals surface area contributed by atoms with Gasteiger partial charge < -0.3 is 15.8 Å². The van der Waals surface area contributed by atoms with E-state index in [-0.39, 0.29) is 10.8 Å². The van der Waals surface area contributed by atoms with Crippen LogP contribution in [0.25, 0.3) is 0 Å². The summed E-state index contributed by atoms with van der Waals surface area (Å²) in [6.45, 7) is 0. The van der Waals surface area contributed by atoms with Crippen molar-refractivity contribution in [2.24, 2.45) is 5.73 Å². The first-order chi connectivity index (χ1) is 12.3. The van der Waals surface area contributed by atoms with Crippen LogP contribution in [-0.4, -0.2) is 26.1 Å². The van der Waals surface area contributed by atoms with Crippen LogP contribution >= 0.6 is 0 Å². The number of anilines is 1. The minimum Gasteiger partial charge on any atom is -0.457 e. The maximum absolute atomic E-state index is 12.3. The molecule has 1 aliphatic carbocycles. The van der Waals surface area contributed by atoms with E-state index in [1.807, 2.05) is 0 Å². The van der Waals surface area contributed by atoms with Crippen molar-refractivity contribution in [1.29, 1.82) is 0 Å². The molecule has 1 saturated carbocycles. The Hall–Kier alpha value is -2.38. The zero-order chi connectivity index (χ0) is 18.8. The van der Waals surface area contributed by atoms with Gasteiger partial charge in [-0.3, -0.25) is 4.79 Å². The largest absolute Gasteiger partial charge is 0.457 e. The normalized spacial score (nSPS) is 16.2. The van der Waals surface area contributed by atoms with E-state index in [4.69, 9.17) is 10.5 Å². The molecule has 6 nitrogen and oxygen atoms in total. The van der Waals surface area contributed by atoms with E-state index in [1.165, 1.54) is 12.1 Å². The first-order valence-corrected chi connectivity index (χ1v) is 10.3.